The van der Waals surface area contributed by atoms with Crippen LogP contribution in [0.5, 0.6) is 0 Å². The number of hydrogen-bond acceptors (Lipinski definition) is 3. The lowest BCUT2D eigenvalue weighted by Crippen LogP contribution is -2.49. The van der Waals surface area contributed by atoms with Gasteiger partial charge < -0.3 is 15.1 Å². The Hall–Kier alpha value is -0.120. The number of nitrogens with zero attached hydrogens (tertiary/aromatic N) is 2. The molecule has 0 radical (unpaired) electrons. The van der Waals surface area contributed by atoms with Crippen LogP contribution < -0.4 is 5.32 Å². The van der Waals surface area contributed by atoms with E-state index >= 15 is 0 Å². The molecule has 1 rings (SSSR count). The van der Waals surface area contributed by atoms with E-state index in [9.17, 15) is 0 Å². The molecular formula is C16H35N3. The van der Waals surface area contributed by atoms with Crippen molar-refractivity contribution < 1.29 is 0 Å². The predicted molar refractivity (Wildman–Crippen MR) is 84.7 cm³/mol. The highest BCUT2D eigenvalue weighted by Gasteiger charge is 2.24. The zero-order valence-corrected chi connectivity index (χ0v) is 13.8. The van der Waals surface area contributed by atoms with Gasteiger partial charge in [0.1, 0.15) is 0 Å². The van der Waals surface area contributed by atoms with Gasteiger partial charge in [-0.05, 0) is 52.0 Å². The maximum atomic E-state index is 3.67. The fraction of sp³-hybridized carbons (Fsp3) is 1.00. The van der Waals surface area contributed by atoms with Crippen LogP contribution in [0, 0.1) is 5.92 Å². The molecule has 0 saturated carbocycles. The van der Waals surface area contributed by atoms with Gasteiger partial charge in [0.15, 0.2) is 0 Å². The van der Waals surface area contributed by atoms with Crippen LogP contribution in [0.3, 0.4) is 0 Å². The largest absolute Gasteiger partial charge is 0.313 e. The SMILES string of the molecule is CCNC(CN(C)C1CCN(CC)CC1)C(C)CC. The number of rotatable bonds is 8. The monoisotopic (exact) mass is 269 g/mol. The van der Waals surface area contributed by atoms with E-state index in [0.717, 1.165) is 18.5 Å². The van der Waals surface area contributed by atoms with Gasteiger partial charge in [0, 0.05) is 18.6 Å². The summed E-state index contributed by atoms with van der Waals surface area (Å²) in [7, 11) is 2.32. The molecule has 1 heterocycles. The first-order chi connectivity index (χ1) is 9.12. The summed E-state index contributed by atoms with van der Waals surface area (Å²) in [6, 6.07) is 1.43. The van der Waals surface area contributed by atoms with Crippen molar-refractivity contribution in [2.75, 3.05) is 39.8 Å². The summed E-state index contributed by atoms with van der Waals surface area (Å²) in [5.41, 5.74) is 0. The fourth-order valence-corrected chi connectivity index (χ4v) is 3.13. The molecule has 1 saturated heterocycles. The minimum absolute atomic E-state index is 0.643. The molecule has 2 atom stereocenters. The summed E-state index contributed by atoms with van der Waals surface area (Å²) in [5.74, 6) is 0.762. The fourth-order valence-electron chi connectivity index (χ4n) is 3.13. The average molecular weight is 269 g/mol. The summed E-state index contributed by atoms with van der Waals surface area (Å²) < 4.78 is 0. The van der Waals surface area contributed by atoms with Gasteiger partial charge in [-0.3, -0.25) is 0 Å². The van der Waals surface area contributed by atoms with E-state index < -0.39 is 0 Å². The Morgan fingerprint density at radius 3 is 2.32 bits per heavy atom. The van der Waals surface area contributed by atoms with Crippen LogP contribution in [0.2, 0.25) is 0 Å². The highest BCUT2D eigenvalue weighted by molar-refractivity contribution is 4.82. The zero-order valence-electron chi connectivity index (χ0n) is 13.8. The van der Waals surface area contributed by atoms with Crippen LogP contribution in [-0.4, -0.2) is 61.7 Å². The molecule has 19 heavy (non-hydrogen) atoms. The van der Waals surface area contributed by atoms with Gasteiger partial charge in [0.25, 0.3) is 0 Å². The van der Waals surface area contributed by atoms with Crippen molar-refractivity contribution in [2.45, 2.75) is 59.0 Å². The highest BCUT2D eigenvalue weighted by Crippen LogP contribution is 2.17. The number of piperidine rings is 1. The van der Waals surface area contributed by atoms with Crippen LogP contribution in [0.1, 0.15) is 47.0 Å². The van der Waals surface area contributed by atoms with Gasteiger partial charge in [0.2, 0.25) is 0 Å². The molecule has 0 bridgehead atoms. The van der Waals surface area contributed by atoms with Crippen molar-refractivity contribution in [3.8, 4) is 0 Å². The third-order valence-electron chi connectivity index (χ3n) is 4.91. The Labute approximate surface area is 120 Å². The molecule has 0 amide bonds. The second-order valence-electron chi connectivity index (χ2n) is 6.15. The quantitative estimate of drug-likeness (QED) is 0.730. The third kappa shape index (κ3) is 5.41. The summed E-state index contributed by atoms with van der Waals surface area (Å²) in [6.07, 6.45) is 3.94. The van der Waals surface area contributed by atoms with Crippen LogP contribution >= 0.6 is 0 Å². The van der Waals surface area contributed by atoms with E-state index in [1.54, 1.807) is 0 Å². The second-order valence-corrected chi connectivity index (χ2v) is 6.15. The Bertz CT molecular complexity index is 224. The Balaban J connectivity index is 2.41. The van der Waals surface area contributed by atoms with E-state index in [2.05, 4.69) is 49.9 Å². The standard InChI is InChI=1S/C16H35N3/c1-6-14(4)16(17-7-2)13-18(5)15-9-11-19(8-3)12-10-15/h14-17H,6-13H2,1-5H3. The molecule has 3 heteroatoms. The van der Waals surface area contributed by atoms with E-state index in [1.165, 1.54) is 45.4 Å². The van der Waals surface area contributed by atoms with Crippen molar-refractivity contribution >= 4 is 0 Å². The minimum Gasteiger partial charge on any atom is -0.313 e. The summed E-state index contributed by atoms with van der Waals surface area (Å²) >= 11 is 0. The molecule has 0 aliphatic carbocycles. The number of likely N-dealkylation sites (N-methyl/N-ethyl adjacent to an activating group) is 2. The van der Waals surface area contributed by atoms with Gasteiger partial charge in [-0.1, -0.05) is 34.1 Å². The molecule has 1 aliphatic heterocycles. The maximum Gasteiger partial charge on any atom is 0.0220 e. The zero-order chi connectivity index (χ0) is 14.3. The maximum absolute atomic E-state index is 3.67. The summed E-state index contributed by atoms with van der Waals surface area (Å²) in [6.45, 7) is 15.2. The van der Waals surface area contributed by atoms with Gasteiger partial charge in [-0.25, -0.2) is 0 Å². The molecule has 114 valence electrons. The molecule has 1 aliphatic rings. The van der Waals surface area contributed by atoms with Crippen molar-refractivity contribution in [3.05, 3.63) is 0 Å². The first-order valence-corrected chi connectivity index (χ1v) is 8.28. The van der Waals surface area contributed by atoms with Crippen LogP contribution in [-0.2, 0) is 0 Å². The Morgan fingerprint density at radius 1 is 1.21 bits per heavy atom. The summed E-state index contributed by atoms with van der Waals surface area (Å²) in [4.78, 5) is 5.17. The topological polar surface area (TPSA) is 18.5 Å². The van der Waals surface area contributed by atoms with Crippen LogP contribution in [0.4, 0.5) is 0 Å². The van der Waals surface area contributed by atoms with Crippen LogP contribution in [0.25, 0.3) is 0 Å². The molecule has 2 unspecified atom stereocenters. The lowest BCUT2D eigenvalue weighted by molar-refractivity contribution is 0.116. The van der Waals surface area contributed by atoms with Gasteiger partial charge >= 0.3 is 0 Å². The van der Waals surface area contributed by atoms with E-state index in [-0.39, 0.29) is 0 Å². The molecule has 0 aromatic rings. The second kappa shape index (κ2) is 8.93. The number of likely N-dealkylation sites (tertiary alicyclic amines) is 1. The molecule has 1 fully saturated rings. The van der Waals surface area contributed by atoms with Crippen molar-refractivity contribution in [1.82, 2.24) is 15.1 Å². The smallest absolute Gasteiger partial charge is 0.0220 e. The van der Waals surface area contributed by atoms with Crippen molar-refractivity contribution in [3.63, 3.8) is 0 Å². The molecule has 3 nitrogen and oxygen atoms in total. The average Bonchev–Trinajstić information content (AvgIpc) is 2.46. The normalized spacial score (nSPS) is 21.8. The highest BCUT2D eigenvalue weighted by atomic mass is 15.2. The van der Waals surface area contributed by atoms with Gasteiger partial charge in [-0.15, -0.1) is 0 Å². The first kappa shape index (κ1) is 16.9. The van der Waals surface area contributed by atoms with E-state index in [0.29, 0.717) is 6.04 Å². The van der Waals surface area contributed by atoms with Gasteiger partial charge in [-0.2, -0.15) is 0 Å². The predicted octanol–water partition coefficient (Wildman–Crippen LogP) is 2.43. The van der Waals surface area contributed by atoms with Crippen molar-refractivity contribution in [1.29, 1.82) is 0 Å². The minimum atomic E-state index is 0.643. The van der Waals surface area contributed by atoms with E-state index in [4.69, 9.17) is 0 Å². The molecule has 0 aromatic heterocycles. The Kier molecular flexibility index (Phi) is 7.96. The lowest BCUT2D eigenvalue weighted by Gasteiger charge is -2.38. The molecule has 0 spiro atoms. The van der Waals surface area contributed by atoms with E-state index in [1.807, 2.05) is 0 Å². The molecule has 0 aromatic carbocycles. The Morgan fingerprint density at radius 2 is 1.84 bits per heavy atom. The lowest BCUT2D eigenvalue weighted by atomic mass is 9.96. The third-order valence-corrected chi connectivity index (χ3v) is 4.91. The first-order valence-electron chi connectivity index (χ1n) is 8.28. The molecule has 1 N–H and O–H groups in total. The van der Waals surface area contributed by atoms with Crippen LogP contribution in [0.15, 0.2) is 0 Å². The summed E-state index contributed by atoms with van der Waals surface area (Å²) in [5, 5.41) is 3.67. The van der Waals surface area contributed by atoms with Gasteiger partial charge in [0.05, 0.1) is 0 Å². The number of hydrogen-bond donors (Lipinski definition) is 1. The molecular weight excluding hydrogens is 234 g/mol. The number of nitrogens with one attached hydrogen (secondary N) is 1. The van der Waals surface area contributed by atoms with Crippen molar-refractivity contribution in [2.24, 2.45) is 5.92 Å².